The van der Waals surface area contributed by atoms with Crippen LogP contribution in [-0.2, 0) is 0 Å². The van der Waals surface area contributed by atoms with Gasteiger partial charge in [0.15, 0.2) is 0 Å². The zero-order valence-corrected chi connectivity index (χ0v) is 14.5. The van der Waals surface area contributed by atoms with Gasteiger partial charge in [-0.05, 0) is 36.8 Å². The molecule has 2 aromatic carbocycles. The second-order valence-electron chi connectivity index (χ2n) is 5.72. The largest absolute Gasteiger partial charge is 0.429 e. The van der Waals surface area contributed by atoms with Crippen LogP contribution in [0.25, 0.3) is 0 Å². The van der Waals surface area contributed by atoms with Gasteiger partial charge in [0.2, 0.25) is 0 Å². The molecule has 0 radical (unpaired) electrons. The van der Waals surface area contributed by atoms with Crippen LogP contribution in [0.1, 0.15) is 12.8 Å². The van der Waals surface area contributed by atoms with Crippen molar-refractivity contribution >= 4 is 0 Å². The molecule has 0 saturated carbocycles. The van der Waals surface area contributed by atoms with Crippen molar-refractivity contribution in [3.63, 3.8) is 0 Å². The molecule has 0 saturated heterocycles. The number of para-hydroxylation sites is 2. The average Bonchev–Trinajstić information content (AvgIpc) is 2.70. The van der Waals surface area contributed by atoms with Crippen molar-refractivity contribution in [2.75, 3.05) is 0 Å². The molecule has 0 atom stereocenters. The van der Waals surface area contributed by atoms with Crippen molar-refractivity contribution < 1.29 is 14.2 Å². The summed E-state index contributed by atoms with van der Waals surface area (Å²) in [4.78, 5) is 12.7. The minimum absolute atomic E-state index is 0.101. The van der Waals surface area contributed by atoms with Crippen molar-refractivity contribution in [1.82, 2.24) is 15.0 Å². The Morgan fingerprint density at radius 2 is 1.15 bits per heavy atom. The molecule has 1 aliphatic rings. The third-order valence-electron chi connectivity index (χ3n) is 3.68. The Morgan fingerprint density at radius 3 is 1.63 bits per heavy atom. The van der Waals surface area contributed by atoms with E-state index in [4.69, 9.17) is 14.2 Å². The molecule has 134 valence electrons. The zero-order chi connectivity index (χ0) is 18.3. The monoisotopic (exact) mass is 359 g/mol. The van der Waals surface area contributed by atoms with Crippen LogP contribution < -0.4 is 14.2 Å². The van der Waals surface area contributed by atoms with E-state index in [0.29, 0.717) is 11.5 Å². The Morgan fingerprint density at radius 1 is 0.630 bits per heavy atom. The first-order valence-corrected chi connectivity index (χ1v) is 8.60. The Kier molecular flexibility index (Phi) is 5.06. The predicted molar refractivity (Wildman–Crippen MR) is 99.9 cm³/mol. The van der Waals surface area contributed by atoms with Gasteiger partial charge >= 0.3 is 18.0 Å². The average molecular weight is 359 g/mol. The molecule has 3 aromatic rings. The third kappa shape index (κ3) is 4.70. The maximum Gasteiger partial charge on any atom is 0.331 e. The molecule has 0 aliphatic heterocycles. The van der Waals surface area contributed by atoms with Gasteiger partial charge in [-0.1, -0.05) is 48.6 Å². The van der Waals surface area contributed by atoms with Gasteiger partial charge in [-0.15, -0.1) is 15.0 Å². The molecule has 0 fully saturated rings. The van der Waals surface area contributed by atoms with E-state index in [2.05, 4.69) is 21.0 Å². The van der Waals surface area contributed by atoms with E-state index in [0.717, 1.165) is 18.6 Å². The fourth-order valence-electron chi connectivity index (χ4n) is 2.43. The molecule has 0 N–H and O–H groups in total. The van der Waals surface area contributed by atoms with Gasteiger partial charge in [-0.3, -0.25) is 0 Å². The van der Waals surface area contributed by atoms with Gasteiger partial charge < -0.3 is 14.2 Å². The SMILES string of the molecule is C1=CCCC(Oc2nc(Oc3ccccc3)nc(Oc3ccccc3)n2)=C1. The van der Waals surface area contributed by atoms with E-state index in [1.165, 1.54) is 0 Å². The topological polar surface area (TPSA) is 66.4 Å². The summed E-state index contributed by atoms with van der Waals surface area (Å²) in [6, 6.07) is 18.9. The number of nitrogens with zero attached hydrogens (tertiary/aromatic N) is 3. The van der Waals surface area contributed by atoms with Gasteiger partial charge in [0.05, 0.1) is 0 Å². The minimum Gasteiger partial charge on any atom is -0.429 e. The Hall–Kier alpha value is -3.67. The fraction of sp³-hybridized carbons (Fsp3) is 0.0952. The highest BCUT2D eigenvalue weighted by Gasteiger charge is 2.14. The summed E-state index contributed by atoms with van der Waals surface area (Å²) >= 11 is 0. The zero-order valence-electron chi connectivity index (χ0n) is 14.5. The lowest BCUT2D eigenvalue weighted by Gasteiger charge is -2.12. The quantitative estimate of drug-likeness (QED) is 0.612. The number of hydrogen-bond donors (Lipinski definition) is 0. The van der Waals surface area contributed by atoms with Crippen molar-refractivity contribution in [2.24, 2.45) is 0 Å². The molecule has 4 rings (SSSR count). The van der Waals surface area contributed by atoms with Gasteiger partial charge in [0.25, 0.3) is 0 Å². The Balaban J connectivity index is 1.62. The molecule has 6 heteroatoms. The normalized spacial score (nSPS) is 13.0. The number of rotatable bonds is 6. The molecule has 0 unspecified atom stereocenters. The van der Waals surface area contributed by atoms with E-state index in [1.807, 2.05) is 72.8 Å². The van der Waals surface area contributed by atoms with Crippen LogP contribution in [0.2, 0.25) is 0 Å². The van der Waals surface area contributed by atoms with Crippen LogP contribution in [0.15, 0.2) is 84.7 Å². The first kappa shape index (κ1) is 16.8. The first-order chi connectivity index (χ1) is 13.3. The summed E-state index contributed by atoms with van der Waals surface area (Å²) in [7, 11) is 0. The smallest absolute Gasteiger partial charge is 0.331 e. The molecule has 0 bridgehead atoms. The number of allylic oxidation sites excluding steroid dienone is 4. The molecule has 1 aliphatic carbocycles. The van der Waals surface area contributed by atoms with Crippen LogP contribution in [0.3, 0.4) is 0 Å². The molecule has 0 spiro atoms. The first-order valence-electron chi connectivity index (χ1n) is 8.60. The van der Waals surface area contributed by atoms with E-state index in [1.54, 1.807) is 0 Å². The van der Waals surface area contributed by atoms with Gasteiger partial charge in [-0.2, -0.15) is 0 Å². The van der Waals surface area contributed by atoms with Crippen molar-refractivity contribution in [2.45, 2.75) is 12.8 Å². The molecule has 1 aromatic heterocycles. The Bertz CT molecular complexity index is 897. The maximum absolute atomic E-state index is 5.80. The predicted octanol–water partition coefficient (Wildman–Crippen LogP) is 5.07. The molecule has 1 heterocycles. The highest BCUT2D eigenvalue weighted by molar-refractivity contribution is 5.28. The van der Waals surface area contributed by atoms with Crippen molar-refractivity contribution in [3.8, 4) is 29.5 Å². The highest BCUT2D eigenvalue weighted by atomic mass is 16.5. The van der Waals surface area contributed by atoms with Gasteiger partial charge in [0, 0.05) is 6.42 Å². The molecule has 0 amide bonds. The van der Waals surface area contributed by atoms with Crippen LogP contribution in [0.4, 0.5) is 0 Å². The maximum atomic E-state index is 5.80. The number of hydrogen-bond acceptors (Lipinski definition) is 6. The summed E-state index contributed by atoms with van der Waals surface area (Å²) in [5.74, 6) is 2.00. The second-order valence-corrected chi connectivity index (χ2v) is 5.72. The van der Waals surface area contributed by atoms with Gasteiger partial charge in [-0.25, -0.2) is 0 Å². The second kappa shape index (κ2) is 8.14. The summed E-state index contributed by atoms with van der Waals surface area (Å²) in [5.41, 5.74) is 0. The fourth-order valence-corrected chi connectivity index (χ4v) is 2.43. The summed E-state index contributed by atoms with van der Waals surface area (Å²) in [5, 5.41) is 0. The minimum atomic E-state index is 0.101. The third-order valence-corrected chi connectivity index (χ3v) is 3.68. The van der Waals surface area contributed by atoms with E-state index in [9.17, 15) is 0 Å². The lowest BCUT2D eigenvalue weighted by molar-refractivity contribution is 0.334. The molecule has 6 nitrogen and oxygen atoms in total. The number of ether oxygens (including phenoxy) is 3. The summed E-state index contributed by atoms with van der Waals surface area (Å²) in [6.07, 6.45) is 7.61. The molecular formula is C21H17N3O3. The highest BCUT2D eigenvalue weighted by Crippen LogP contribution is 2.25. The van der Waals surface area contributed by atoms with Crippen molar-refractivity contribution in [1.29, 1.82) is 0 Å². The van der Waals surface area contributed by atoms with Crippen LogP contribution in [0, 0.1) is 0 Å². The van der Waals surface area contributed by atoms with Crippen LogP contribution >= 0.6 is 0 Å². The van der Waals surface area contributed by atoms with E-state index < -0.39 is 0 Å². The molecule has 27 heavy (non-hydrogen) atoms. The summed E-state index contributed by atoms with van der Waals surface area (Å²) < 4.78 is 17.3. The molecular weight excluding hydrogens is 342 g/mol. The van der Waals surface area contributed by atoms with E-state index in [-0.39, 0.29) is 18.0 Å². The standard InChI is InChI=1S/C21H17N3O3/c1-4-10-16(11-5-1)25-19-22-20(26-17-12-6-2-7-13-17)24-21(23-19)27-18-14-8-3-9-15-18/h1-8,10-14H,9,15H2. The van der Waals surface area contributed by atoms with Crippen LogP contribution in [-0.4, -0.2) is 15.0 Å². The Labute approximate surface area is 156 Å². The summed E-state index contributed by atoms with van der Waals surface area (Å²) in [6.45, 7) is 0. The number of aromatic nitrogens is 3. The number of benzene rings is 2. The van der Waals surface area contributed by atoms with Crippen LogP contribution in [0.5, 0.6) is 29.5 Å². The lowest BCUT2D eigenvalue weighted by Crippen LogP contribution is -2.05. The van der Waals surface area contributed by atoms with E-state index >= 15 is 0 Å². The lowest BCUT2D eigenvalue weighted by atomic mass is 10.2. The van der Waals surface area contributed by atoms with Crippen molar-refractivity contribution in [3.05, 3.63) is 84.7 Å². The van der Waals surface area contributed by atoms with Gasteiger partial charge in [0.1, 0.15) is 17.3 Å².